The van der Waals surface area contributed by atoms with Crippen LogP contribution in [0.15, 0.2) is 30.3 Å². The zero-order valence-corrected chi connectivity index (χ0v) is 26.6. The summed E-state index contributed by atoms with van der Waals surface area (Å²) >= 11 is 0. The number of pyridine rings is 1. The number of aryl methyl sites for hydroxylation is 1. The van der Waals surface area contributed by atoms with Gasteiger partial charge in [0.2, 0.25) is 5.91 Å². The number of nitrogens with one attached hydrogen (secondary N) is 2. The van der Waals surface area contributed by atoms with E-state index in [-0.39, 0.29) is 30.0 Å². The molecule has 8 rings (SSSR count). The van der Waals surface area contributed by atoms with E-state index >= 15 is 0 Å². The van der Waals surface area contributed by atoms with Crippen molar-refractivity contribution < 1.29 is 23.8 Å². The molecule has 0 unspecified atom stereocenters. The van der Waals surface area contributed by atoms with Crippen molar-refractivity contribution in [2.75, 3.05) is 46.6 Å². The van der Waals surface area contributed by atoms with Crippen molar-refractivity contribution in [1.82, 2.24) is 34.6 Å². The van der Waals surface area contributed by atoms with Crippen LogP contribution in [0.3, 0.4) is 0 Å². The lowest BCUT2D eigenvalue weighted by molar-refractivity contribution is -0.122. The number of benzene rings is 1. The van der Waals surface area contributed by atoms with Crippen LogP contribution in [0.5, 0.6) is 5.75 Å². The Morgan fingerprint density at radius 2 is 2.00 bits per heavy atom. The molecule has 5 atom stereocenters. The smallest absolute Gasteiger partial charge is 0.254 e. The highest BCUT2D eigenvalue weighted by Crippen LogP contribution is 2.43. The van der Waals surface area contributed by atoms with E-state index in [0.717, 1.165) is 59.7 Å². The number of hydrogen-bond acceptors (Lipinski definition) is 8. The lowest BCUT2D eigenvalue weighted by Crippen LogP contribution is -2.59. The first-order chi connectivity index (χ1) is 22.4. The van der Waals surface area contributed by atoms with Crippen LogP contribution >= 0.6 is 0 Å². The van der Waals surface area contributed by atoms with E-state index in [1.54, 1.807) is 7.11 Å². The van der Waals surface area contributed by atoms with Crippen LogP contribution < -0.4 is 15.4 Å². The van der Waals surface area contributed by atoms with E-state index in [0.29, 0.717) is 68.0 Å². The summed E-state index contributed by atoms with van der Waals surface area (Å²) in [6, 6.07) is 9.85. The number of rotatable bonds is 3. The standard InChI is InChI=1S/C34H41N7O5/c1-19-24-5-4-20-14-27(41(32(20)37-24)16-22-12-23(22)18-45-10-7-30(42)36-19)33-38-25-13-21(15-29(44-3)31(25)39(33)2)34(43)40-9-6-28-26(17-40)35-8-11-46-28/h4-5,13-15,19,22-23,26,28,35H,6-12,16-18H2,1-3H3,(H,36,42)/t19-,22-,23+,26-,28+/m1/s1. The van der Waals surface area contributed by atoms with Gasteiger partial charge in [0.1, 0.15) is 16.9 Å². The van der Waals surface area contributed by atoms with E-state index in [9.17, 15) is 9.59 Å². The molecule has 2 amide bonds. The van der Waals surface area contributed by atoms with Crippen LogP contribution in [0.25, 0.3) is 33.6 Å². The number of hydrogen-bond donors (Lipinski definition) is 2. The fourth-order valence-electron chi connectivity index (χ4n) is 7.48. The van der Waals surface area contributed by atoms with Crippen LogP contribution in [-0.4, -0.2) is 94.5 Å². The molecule has 6 heterocycles. The molecular weight excluding hydrogens is 586 g/mol. The first-order valence-electron chi connectivity index (χ1n) is 16.4. The molecule has 4 aromatic rings. The van der Waals surface area contributed by atoms with E-state index < -0.39 is 0 Å². The topological polar surface area (TPSA) is 125 Å². The average Bonchev–Trinajstić information content (AvgIpc) is 3.60. The van der Waals surface area contributed by atoms with Crippen molar-refractivity contribution in [3.63, 3.8) is 0 Å². The molecule has 1 saturated carbocycles. The third-order valence-electron chi connectivity index (χ3n) is 10.2. The Morgan fingerprint density at radius 1 is 1.11 bits per heavy atom. The molecule has 12 nitrogen and oxygen atoms in total. The quantitative estimate of drug-likeness (QED) is 0.355. The number of carbonyl (C=O) groups excluding carboxylic acids is 2. The highest BCUT2D eigenvalue weighted by atomic mass is 16.5. The van der Waals surface area contributed by atoms with Gasteiger partial charge in [-0.25, -0.2) is 9.97 Å². The molecule has 1 aliphatic carbocycles. The second-order valence-corrected chi connectivity index (χ2v) is 13.2. The molecule has 2 saturated heterocycles. The number of morpholine rings is 1. The van der Waals surface area contributed by atoms with Crippen molar-refractivity contribution in [1.29, 1.82) is 0 Å². The lowest BCUT2D eigenvalue weighted by atomic mass is 9.99. The van der Waals surface area contributed by atoms with E-state index in [1.165, 1.54) is 0 Å². The first-order valence-corrected chi connectivity index (χ1v) is 16.4. The highest BCUT2D eigenvalue weighted by molar-refractivity contribution is 6.00. The second-order valence-electron chi connectivity index (χ2n) is 13.2. The maximum Gasteiger partial charge on any atom is 0.254 e. The molecule has 3 aromatic heterocycles. The molecule has 242 valence electrons. The number of methoxy groups -OCH3 is 1. The summed E-state index contributed by atoms with van der Waals surface area (Å²) in [5.74, 6) is 2.23. The SMILES string of the molecule is COc1cc(C(=O)N2CC[C@@H]3OCCN[C@@H]3C2)cc2nc(-c3cc4ccc5nc4n3C[C@H]3C[C@H]3COCCC(=O)N[C@@H]5C)n(C)c12. The Hall–Kier alpha value is -4.00. The molecule has 3 aliphatic heterocycles. The van der Waals surface area contributed by atoms with Gasteiger partial charge in [0, 0.05) is 57.2 Å². The zero-order valence-electron chi connectivity index (χ0n) is 26.6. The fourth-order valence-corrected chi connectivity index (χ4v) is 7.48. The predicted molar refractivity (Wildman–Crippen MR) is 172 cm³/mol. The zero-order chi connectivity index (χ0) is 31.5. The predicted octanol–water partition coefficient (Wildman–Crippen LogP) is 3.04. The molecule has 12 heteroatoms. The Labute approximate surface area is 267 Å². The van der Waals surface area contributed by atoms with Crippen LogP contribution in [0.2, 0.25) is 0 Å². The van der Waals surface area contributed by atoms with E-state index in [1.807, 2.05) is 37.1 Å². The van der Waals surface area contributed by atoms with Crippen molar-refractivity contribution in [2.24, 2.45) is 18.9 Å². The molecule has 46 heavy (non-hydrogen) atoms. The fraction of sp³-hybridized carbons (Fsp3) is 0.529. The molecule has 0 radical (unpaired) electrons. The van der Waals surface area contributed by atoms with Gasteiger partial charge in [-0.2, -0.15) is 0 Å². The van der Waals surface area contributed by atoms with Crippen molar-refractivity contribution in [3.05, 3.63) is 41.6 Å². The van der Waals surface area contributed by atoms with Gasteiger partial charge in [-0.05, 0) is 61.9 Å². The van der Waals surface area contributed by atoms with E-state index in [2.05, 4.69) is 31.9 Å². The van der Waals surface area contributed by atoms with Gasteiger partial charge in [-0.1, -0.05) is 0 Å². The summed E-state index contributed by atoms with van der Waals surface area (Å²) in [7, 11) is 3.63. The number of amides is 2. The maximum absolute atomic E-state index is 13.8. The van der Waals surface area contributed by atoms with E-state index in [4.69, 9.17) is 24.2 Å². The van der Waals surface area contributed by atoms with Gasteiger partial charge in [0.25, 0.3) is 5.91 Å². The van der Waals surface area contributed by atoms with Gasteiger partial charge in [0.05, 0.1) is 55.4 Å². The van der Waals surface area contributed by atoms with Crippen LogP contribution in [0.4, 0.5) is 0 Å². The highest BCUT2D eigenvalue weighted by Gasteiger charge is 2.39. The minimum atomic E-state index is -0.233. The third kappa shape index (κ3) is 5.22. The second kappa shape index (κ2) is 11.7. The number of likely N-dealkylation sites (tertiary alicyclic amines) is 1. The molecule has 1 aromatic carbocycles. The first kappa shape index (κ1) is 29.4. The number of fused-ring (bicyclic) bond motifs is 4. The molecular formula is C34H41N7O5. The molecule has 4 aliphatic rings. The summed E-state index contributed by atoms with van der Waals surface area (Å²) in [6.07, 6.45) is 2.39. The van der Waals surface area contributed by atoms with Gasteiger partial charge >= 0.3 is 0 Å². The number of piperidine rings is 1. The van der Waals surface area contributed by atoms with Crippen molar-refractivity contribution in [2.45, 2.75) is 50.9 Å². The Morgan fingerprint density at radius 3 is 2.87 bits per heavy atom. The summed E-state index contributed by atoms with van der Waals surface area (Å²) in [4.78, 5) is 38.5. The monoisotopic (exact) mass is 627 g/mol. The minimum absolute atomic E-state index is 0.0274. The minimum Gasteiger partial charge on any atom is -0.494 e. The van der Waals surface area contributed by atoms with Gasteiger partial charge in [0.15, 0.2) is 5.82 Å². The number of nitrogens with zero attached hydrogens (tertiary/aromatic N) is 5. The molecule has 2 N–H and O–H groups in total. The van der Waals surface area contributed by atoms with Crippen molar-refractivity contribution >= 4 is 33.9 Å². The van der Waals surface area contributed by atoms with Gasteiger partial charge < -0.3 is 38.9 Å². The number of carbonyl (C=O) groups is 2. The Bertz CT molecular complexity index is 1830. The largest absolute Gasteiger partial charge is 0.494 e. The third-order valence-corrected chi connectivity index (χ3v) is 10.2. The Kier molecular flexibility index (Phi) is 7.46. The molecule has 0 spiro atoms. The molecule has 2 bridgehead atoms. The number of imidazole rings is 1. The van der Waals surface area contributed by atoms with Crippen LogP contribution in [-0.2, 0) is 27.9 Å². The van der Waals surface area contributed by atoms with Crippen LogP contribution in [0, 0.1) is 11.8 Å². The summed E-state index contributed by atoms with van der Waals surface area (Å²) in [5.41, 5.74) is 4.73. The van der Waals surface area contributed by atoms with Gasteiger partial charge in [-0.3, -0.25) is 9.59 Å². The number of ether oxygens (including phenoxy) is 3. The summed E-state index contributed by atoms with van der Waals surface area (Å²) in [5, 5.41) is 7.59. The summed E-state index contributed by atoms with van der Waals surface area (Å²) < 4.78 is 22.0. The van der Waals surface area contributed by atoms with Crippen molar-refractivity contribution in [3.8, 4) is 17.3 Å². The maximum atomic E-state index is 13.8. The van der Waals surface area contributed by atoms with Gasteiger partial charge in [-0.15, -0.1) is 0 Å². The number of aromatic nitrogens is 4. The lowest BCUT2D eigenvalue weighted by Gasteiger charge is -2.41. The average molecular weight is 628 g/mol. The molecule has 3 fully saturated rings. The summed E-state index contributed by atoms with van der Waals surface area (Å²) in [6.45, 7) is 6.62. The van der Waals surface area contributed by atoms with Crippen LogP contribution in [0.1, 0.15) is 48.3 Å². The normalized spacial score (nSPS) is 26.8. The Balaban J connectivity index is 1.19.